The number of nitrogens with zero attached hydrogens (tertiary/aromatic N) is 8. The molecular formula is C18H21FN8O. The normalized spacial score (nSPS) is 16.3. The predicted octanol–water partition coefficient (Wildman–Crippen LogP) is 1.36. The lowest BCUT2D eigenvalue weighted by Gasteiger charge is -2.34. The van der Waals surface area contributed by atoms with Gasteiger partial charge in [-0.25, -0.2) is 13.8 Å². The Morgan fingerprint density at radius 1 is 1.21 bits per heavy atom. The van der Waals surface area contributed by atoms with E-state index in [1.54, 1.807) is 29.9 Å². The van der Waals surface area contributed by atoms with Crippen LogP contribution in [0.4, 0.5) is 4.39 Å². The van der Waals surface area contributed by atoms with E-state index in [9.17, 15) is 9.18 Å². The van der Waals surface area contributed by atoms with Crippen molar-refractivity contribution in [1.29, 1.82) is 0 Å². The van der Waals surface area contributed by atoms with E-state index < -0.39 is 6.04 Å². The molecule has 3 heterocycles. The zero-order valence-electron chi connectivity index (χ0n) is 15.5. The van der Waals surface area contributed by atoms with Crippen molar-refractivity contribution in [2.75, 3.05) is 13.1 Å². The van der Waals surface area contributed by atoms with Crippen molar-refractivity contribution in [3.8, 4) is 0 Å². The quantitative estimate of drug-likeness (QED) is 0.659. The molecule has 28 heavy (non-hydrogen) atoms. The summed E-state index contributed by atoms with van der Waals surface area (Å²) >= 11 is 0. The number of carbonyl (C=O) groups is 1. The Balaban J connectivity index is 1.50. The Morgan fingerprint density at radius 2 is 1.96 bits per heavy atom. The number of hydrogen-bond acceptors (Lipinski definition) is 6. The molecule has 0 bridgehead atoms. The molecular weight excluding hydrogens is 363 g/mol. The van der Waals surface area contributed by atoms with E-state index in [4.69, 9.17) is 0 Å². The van der Waals surface area contributed by atoms with Gasteiger partial charge in [0.2, 0.25) is 5.91 Å². The van der Waals surface area contributed by atoms with E-state index in [1.807, 2.05) is 15.8 Å². The maximum Gasteiger partial charge on any atom is 0.247 e. The van der Waals surface area contributed by atoms with Crippen LogP contribution in [0.25, 0.3) is 0 Å². The van der Waals surface area contributed by atoms with Crippen molar-refractivity contribution in [2.24, 2.45) is 0 Å². The summed E-state index contributed by atoms with van der Waals surface area (Å²) in [7, 11) is 0. The zero-order chi connectivity index (χ0) is 19.5. The zero-order valence-corrected chi connectivity index (χ0v) is 15.5. The fourth-order valence-corrected chi connectivity index (χ4v) is 3.62. The number of aromatic nitrogens is 7. The summed E-state index contributed by atoms with van der Waals surface area (Å²) in [6, 6.07) is 5.85. The molecule has 1 unspecified atom stereocenters. The highest BCUT2D eigenvalue weighted by Crippen LogP contribution is 2.25. The van der Waals surface area contributed by atoms with Gasteiger partial charge in [0.1, 0.15) is 17.7 Å². The maximum atomic E-state index is 13.3. The van der Waals surface area contributed by atoms with Crippen LogP contribution in [0.5, 0.6) is 0 Å². The fraction of sp³-hybridized carbons (Fsp3) is 0.444. The average molecular weight is 384 g/mol. The van der Waals surface area contributed by atoms with Crippen LogP contribution in [0.3, 0.4) is 0 Å². The molecule has 0 saturated carbocycles. The van der Waals surface area contributed by atoms with Crippen molar-refractivity contribution in [2.45, 2.75) is 38.3 Å². The minimum absolute atomic E-state index is 0.0308. The Kier molecular flexibility index (Phi) is 5.09. The fourth-order valence-electron chi connectivity index (χ4n) is 3.62. The SMILES string of the molecule is Cc1nnnn1C(Cc1ccc(F)cc1)C(=O)N1CCC(n2ccnn2)CC1. The number of aryl methyl sites for hydroxylation is 1. The smallest absolute Gasteiger partial charge is 0.247 e. The number of amides is 1. The second-order valence-electron chi connectivity index (χ2n) is 6.96. The van der Waals surface area contributed by atoms with Gasteiger partial charge in [0, 0.05) is 25.7 Å². The Bertz CT molecular complexity index is 915. The van der Waals surface area contributed by atoms with Gasteiger partial charge in [0.05, 0.1) is 12.2 Å². The topological polar surface area (TPSA) is 94.6 Å². The molecule has 1 fully saturated rings. The molecule has 1 aromatic carbocycles. The van der Waals surface area contributed by atoms with Crippen LogP contribution >= 0.6 is 0 Å². The van der Waals surface area contributed by atoms with Crippen LogP contribution in [0, 0.1) is 12.7 Å². The molecule has 1 amide bonds. The number of carbonyl (C=O) groups excluding carboxylic acids is 1. The van der Waals surface area contributed by atoms with Gasteiger partial charge in [-0.1, -0.05) is 17.3 Å². The van der Waals surface area contributed by atoms with Gasteiger partial charge in [0.15, 0.2) is 0 Å². The highest BCUT2D eigenvalue weighted by molar-refractivity contribution is 5.80. The second kappa shape index (κ2) is 7.83. The molecule has 146 valence electrons. The van der Waals surface area contributed by atoms with E-state index in [-0.39, 0.29) is 17.8 Å². The van der Waals surface area contributed by atoms with E-state index in [2.05, 4.69) is 25.8 Å². The van der Waals surface area contributed by atoms with E-state index in [1.165, 1.54) is 12.1 Å². The van der Waals surface area contributed by atoms with Crippen LogP contribution in [0.15, 0.2) is 36.7 Å². The standard InChI is InChI=1S/C18H21FN8O/c1-13-21-22-24-27(13)17(12-14-2-4-15(19)5-3-14)18(28)25-9-6-16(7-10-25)26-11-8-20-23-26/h2-5,8,11,16-17H,6-7,9-10,12H2,1H3. The van der Waals surface area contributed by atoms with Gasteiger partial charge in [-0.2, -0.15) is 0 Å². The number of rotatable bonds is 5. The number of benzene rings is 1. The van der Waals surface area contributed by atoms with Gasteiger partial charge in [-0.15, -0.1) is 10.2 Å². The average Bonchev–Trinajstić information content (AvgIpc) is 3.39. The van der Waals surface area contributed by atoms with Crippen LogP contribution in [0.1, 0.15) is 36.3 Å². The summed E-state index contributed by atoms with van der Waals surface area (Å²) in [4.78, 5) is 15.2. The first kappa shape index (κ1) is 18.2. The van der Waals surface area contributed by atoms with Crippen molar-refractivity contribution in [1.82, 2.24) is 40.1 Å². The minimum Gasteiger partial charge on any atom is -0.341 e. The Labute approximate surface area is 161 Å². The van der Waals surface area contributed by atoms with Crippen LogP contribution in [-0.2, 0) is 11.2 Å². The minimum atomic E-state index is -0.566. The van der Waals surface area contributed by atoms with Crippen molar-refractivity contribution >= 4 is 5.91 Å². The summed E-state index contributed by atoms with van der Waals surface area (Å²) in [6.07, 6.45) is 5.54. The molecule has 1 aliphatic heterocycles. The predicted molar refractivity (Wildman–Crippen MR) is 96.6 cm³/mol. The molecule has 1 aliphatic rings. The molecule has 3 aromatic rings. The lowest BCUT2D eigenvalue weighted by Crippen LogP contribution is -2.44. The highest BCUT2D eigenvalue weighted by Gasteiger charge is 2.31. The van der Waals surface area contributed by atoms with Gasteiger partial charge in [-0.3, -0.25) is 4.79 Å². The van der Waals surface area contributed by atoms with Gasteiger partial charge < -0.3 is 4.90 Å². The monoisotopic (exact) mass is 384 g/mol. The summed E-state index contributed by atoms with van der Waals surface area (Å²) in [5.74, 6) is 0.232. The molecule has 0 radical (unpaired) electrons. The summed E-state index contributed by atoms with van der Waals surface area (Å²) in [5, 5.41) is 19.5. The van der Waals surface area contributed by atoms with Crippen LogP contribution < -0.4 is 0 Å². The molecule has 9 nitrogen and oxygen atoms in total. The molecule has 4 rings (SSSR count). The first-order valence-corrected chi connectivity index (χ1v) is 9.25. The second-order valence-corrected chi connectivity index (χ2v) is 6.96. The summed E-state index contributed by atoms with van der Waals surface area (Å²) in [5.41, 5.74) is 0.854. The lowest BCUT2D eigenvalue weighted by atomic mass is 10.0. The largest absolute Gasteiger partial charge is 0.341 e. The van der Waals surface area contributed by atoms with E-state index in [0.717, 1.165) is 18.4 Å². The Hall–Kier alpha value is -3.17. The van der Waals surface area contributed by atoms with E-state index in [0.29, 0.717) is 25.3 Å². The van der Waals surface area contributed by atoms with Gasteiger partial charge in [0.25, 0.3) is 0 Å². The van der Waals surface area contributed by atoms with Crippen LogP contribution in [0.2, 0.25) is 0 Å². The molecule has 2 aromatic heterocycles. The first-order chi connectivity index (χ1) is 13.6. The van der Waals surface area contributed by atoms with Gasteiger partial charge in [-0.05, 0) is 47.9 Å². The first-order valence-electron chi connectivity index (χ1n) is 9.25. The highest BCUT2D eigenvalue weighted by atomic mass is 19.1. The van der Waals surface area contributed by atoms with E-state index >= 15 is 0 Å². The number of likely N-dealkylation sites (tertiary alicyclic amines) is 1. The Morgan fingerprint density at radius 3 is 2.57 bits per heavy atom. The summed E-state index contributed by atoms with van der Waals surface area (Å²) < 4.78 is 16.6. The number of piperidine rings is 1. The maximum absolute atomic E-state index is 13.3. The molecule has 1 saturated heterocycles. The molecule has 10 heteroatoms. The molecule has 1 atom stereocenters. The van der Waals surface area contributed by atoms with Crippen molar-refractivity contribution in [3.63, 3.8) is 0 Å². The third-order valence-electron chi connectivity index (χ3n) is 5.17. The number of tetrazole rings is 1. The van der Waals surface area contributed by atoms with Crippen molar-refractivity contribution in [3.05, 3.63) is 53.9 Å². The third kappa shape index (κ3) is 3.75. The molecule has 0 aliphatic carbocycles. The lowest BCUT2D eigenvalue weighted by molar-refractivity contribution is -0.136. The molecule has 0 spiro atoms. The van der Waals surface area contributed by atoms with Gasteiger partial charge >= 0.3 is 0 Å². The van der Waals surface area contributed by atoms with Crippen molar-refractivity contribution < 1.29 is 9.18 Å². The number of halogens is 1. The van der Waals surface area contributed by atoms with Crippen LogP contribution in [-0.4, -0.2) is 59.1 Å². The molecule has 0 N–H and O–H groups in total. The third-order valence-corrected chi connectivity index (χ3v) is 5.17. The summed E-state index contributed by atoms with van der Waals surface area (Å²) in [6.45, 7) is 3.02. The number of hydrogen-bond donors (Lipinski definition) is 0.